The zero-order valence-electron chi connectivity index (χ0n) is 14.5. The number of fused-ring (bicyclic) bond motifs is 1. The third-order valence-electron chi connectivity index (χ3n) is 3.99. The first-order chi connectivity index (χ1) is 12.4. The maximum atomic E-state index is 13.0. The summed E-state index contributed by atoms with van der Waals surface area (Å²) in [5.41, 5.74) is 1.10. The monoisotopic (exact) mass is 414 g/mol. The lowest BCUT2D eigenvalue weighted by Gasteiger charge is -2.35. The molecule has 3 rings (SSSR count). The summed E-state index contributed by atoms with van der Waals surface area (Å²) in [5.74, 6) is 1.28. The Hall–Kier alpha value is -1.90. The summed E-state index contributed by atoms with van der Waals surface area (Å²) in [6.07, 6.45) is 3.57. The molecule has 0 bridgehead atoms. The van der Waals surface area contributed by atoms with Gasteiger partial charge in [-0.15, -0.1) is 0 Å². The molecule has 1 aliphatic rings. The number of methoxy groups -OCH3 is 2. The van der Waals surface area contributed by atoms with E-state index in [0.29, 0.717) is 28.2 Å². The predicted octanol–water partition coefficient (Wildman–Crippen LogP) is 4.10. The molecular formula is C16H16Cl2N4O3S. The zero-order chi connectivity index (χ0) is 19.0. The van der Waals surface area contributed by atoms with Gasteiger partial charge in [-0.2, -0.15) is 0 Å². The number of amides is 2. The quantitative estimate of drug-likeness (QED) is 0.553. The topological polar surface area (TPSA) is 67.8 Å². The average molecular weight is 415 g/mol. The number of benzene rings is 1. The van der Waals surface area contributed by atoms with E-state index in [1.807, 2.05) is 6.26 Å². The summed E-state index contributed by atoms with van der Waals surface area (Å²) in [6.45, 7) is 0.225. The van der Waals surface area contributed by atoms with Gasteiger partial charge >= 0.3 is 6.03 Å². The second-order valence-corrected chi connectivity index (χ2v) is 6.92. The van der Waals surface area contributed by atoms with E-state index in [1.54, 1.807) is 19.3 Å². The van der Waals surface area contributed by atoms with E-state index in [-0.39, 0.29) is 22.6 Å². The molecule has 0 atom stereocenters. The van der Waals surface area contributed by atoms with Crippen molar-refractivity contribution in [3.8, 4) is 11.5 Å². The van der Waals surface area contributed by atoms with E-state index in [2.05, 4.69) is 9.97 Å². The molecule has 26 heavy (non-hydrogen) atoms. The van der Waals surface area contributed by atoms with Crippen LogP contribution in [0.2, 0.25) is 10.0 Å². The van der Waals surface area contributed by atoms with Crippen molar-refractivity contribution in [2.45, 2.75) is 11.7 Å². The van der Waals surface area contributed by atoms with Crippen LogP contribution < -0.4 is 19.3 Å². The van der Waals surface area contributed by atoms with Crippen LogP contribution in [-0.2, 0) is 6.54 Å². The van der Waals surface area contributed by atoms with Crippen LogP contribution in [0.1, 0.15) is 5.56 Å². The highest BCUT2D eigenvalue weighted by Gasteiger charge is 2.34. The summed E-state index contributed by atoms with van der Waals surface area (Å²) in [6, 6.07) is 1.26. The van der Waals surface area contributed by atoms with Gasteiger partial charge in [-0.3, -0.25) is 9.80 Å². The first-order valence-corrected chi connectivity index (χ1v) is 9.46. The van der Waals surface area contributed by atoms with Gasteiger partial charge in [0, 0.05) is 24.9 Å². The molecule has 7 nitrogen and oxygen atoms in total. The van der Waals surface area contributed by atoms with Gasteiger partial charge in [0.15, 0.2) is 5.16 Å². The zero-order valence-corrected chi connectivity index (χ0v) is 16.9. The van der Waals surface area contributed by atoms with Gasteiger partial charge in [0.1, 0.15) is 27.4 Å². The maximum Gasteiger partial charge on any atom is 0.330 e. The molecule has 10 heteroatoms. The number of urea groups is 1. The Kier molecular flexibility index (Phi) is 5.36. The van der Waals surface area contributed by atoms with Crippen LogP contribution in [0.4, 0.5) is 16.3 Å². The number of carbonyl (C=O) groups is 1. The number of thioether (sulfide) groups is 1. The van der Waals surface area contributed by atoms with E-state index in [9.17, 15) is 4.79 Å². The van der Waals surface area contributed by atoms with Crippen molar-refractivity contribution in [2.75, 3.05) is 37.3 Å². The molecule has 0 unspecified atom stereocenters. The number of rotatable bonds is 4. The fourth-order valence-electron chi connectivity index (χ4n) is 2.68. The number of carbonyl (C=O) groups excluding carboxylic acids is 1. The highest BCUT2D eigenvalue weighted by atomic mass is 35.5. The minimum absolute atomic E-state index is 0.225. The van der Waals surface area contributed by atoms with Gasteiger partial charge in [0.25, 0.3) is 0 Å². The molecule has 0 saturated heterocycles. The average Bonchev–Trinajstić information content (AvgIpc) is 2.65. The van der Waals surface area contributed by atoms with Crippen LogP contribution in [0.3, 0.4) is 0 Å². The third-order valence-corrected chi connectivity index (χ3v) is 5.28. The Morgan fingerprint density at radius 3 is 2.35 bits per heavy atom. The highest BCUT2D eigenvalue weighted by molar-refractivity contribution is 7.98. The van der Waals surface area contributed by atoms with Crippen LogP contribution >= 0.6 is 35.0 Å². The molecule has 138 valence electrons. The van der Waals surface area contributed by atoms with Crippen LogP contribution in [0.15, 0.2) is 17.4 Å². The van der Waals surface area contributed by atoms with Gasteiger partial charge in [0.2, 0.25) is 0 Å². The number of aromatic nitrogens is 2. The van der Waals surface area contributed by atoms with Gasteiger partial charge in [-0.25, -0.2) is 14.8 Å². The van der Waals surface area contributed by atoms with Crippen molar-refractivity contribution in [1.82, 2.24) is 9.97 Å². The molecule has 1 aromatic heterocycles. The summed E-state index contributed by atoms with van der Waals surface area (Å²) in [5, 5.41) is 1.05. The lowest BCUT2D eigenvalue weighted by Crippen LogP contribution is -2.46. The van der Waals surface area contributed by atoms with E-state index in [4.69, 9.17) is 32.7 Å². The molecule has 2 amide bonds. The smallest absolute Gasteiger partial charge is 0.330 e. The van der Waals surface area contributed by atoms with Crippen LogP contribution in [0.5, 0.6) is 11.5 Å². The Morgan fingerprint density at radius 2 is 1.81 bits per heavy atom. The number of hydrogen-bond acceptors (Lipinski definition) is 6. The van der Waals surface area contributed by atoms with Crippen LogP contribution in [-0.4, -0.2) is 43.5 Å². The van der Waals surface area contributed by atoms with Crippen molar-refractivity contribution < 1.29 is 14.3 Å². The van der Waals surface area contributed by atoms with E-state index >= 15 is 0 Å². The molecule has 0 radical (unpaired) electrons. The van der Waals surface area contributed by atoms with Crippen molar-refractivity contribution in [1.29, 1.82) is 0 Å². The summed E-state index contributed by atoms with van der Waals surface area (Å²) >= 11 is 14.3. The van der Waals surface area contributed by atoms with Gasteiger partial charge in [0.05, 0.1) is 26.5 Å². The SMILES string of the molecule is COc1cc(OC)c(Cl)c(N2Cc3cnc(SC)nc3N(C)C2=O)c1Cl. The number of nitrogens with zero attached hydrogens (tertiary/aromatic N) is 4. The molecule has 0 fully saturated rings. The first kappa shape index (κ1) is 18.9. The summed E-state index contributed by atoms with van der Waals surface area (Å²) < 4.78 is 10.6. The van der Waals surface area contributed by atoms with Crippen LogP contribution in [0.25, 0.3) is 0 Å². The van der Waals surface area contributed by atoms with E-state index < -0.39 is 0 Å². The lowest BCUT2D eigenvalue weighted by atomic mass is 10.2. The Balaban J connectivity index is 2.15. The molecule has 1 aromatic carbocycles. The Morgan fingerprint density at radius 1 is 1.19 bits per heavy atom. The van der Waals surface area contributed by atoms with Crippen LogP contribution in [0, 0.1) is 0 Å². The van der Waals surface area contributed by atoms with Gasteiger partial charge < -0.3 is 9.47 Å². The number of anilines is 2. The van der Waals surface area contributed by atoms with Crippen molar-refractivity contribution >= 4 is 52.5 Å². The largest absolute Gasteiger partial charge is 0.495 e. The minimum Gasteiger partial charge on any atom is -0.495 e. The molecule has 0 saturated carbocycles. The molecule has 2 heterocycles. The fraction of sp³-hybridized carbons (Fsp3) is 0.312. The standard InChI is InChI=1S/C16H16Cl2N4O3S/c1-21-14-8(6-19-15(20-14)26-4)7-22(16(21)23)13-11(17)9(24-2)5-10(25-3)12(13)18/h5-6H,7H2,1-4H3. The molecular weight excluding hydrogens is 399 g/mol. The van der Waals surface area contributed by atoms with Crippen molar-refractivity contribution in [3.63, 3.8) is 0 Å². The summed E-state index contributed by atoms with van der Waals surface area (Å²) in [7, 11) is 4.61. The number of halogens is 2. The van der Waals surface area contributed by atoms with Crippen molar-refractivity contribution in [2.24, 2.45) is 0 Å². The Labute approximate surface area is 165 Å². The first-order valence-electron chi connectivity index (χ1n) is 7.48. The lowest BCUT2D eigenvalue weighted by molar-refractivity contribution is 0.251. The number of ether oxygens (including phenoxy) is 2. The van der Waals surface area contributed by atoms with Crippen molar-refractivity contribution in [3.05, 3.63) is 27.9 Å². The second-order valence-electron chi connectivity index (χ2n) is 5.39. The summed E-state index contributed by atoms with van der Waals surface area (Å²) in [4.78, 5) is 24.6. The molecule has 1 aliphatic heterocycles. The highest BCUT2D eigenvalue weighted by Crippen LogP contribution is 2.47. The predicted molar refractivity (Wildman–Crippen MR) is 103 cm³/mol. The third kappa shape index (κ3) is 3.02. The maximum absolute atomic E-state index is 13.0. The van der Waals surface area contributed by atoms with Gasteiger partial charge in [-0.1, -0.05) is 35.0 Å². The normalized spacial score (nSPS) is 13.7. The van der Waals surface area contributed by atoms with E-state index in [0.717, 1.165) is 5.56 Å². The molecule has 0 N–H and O–H groups in total. The second kappa shape index (κ2) is 7.38. The molecule has 0 aliphatic carbocycles. The van der Waals surface area contributed by atoms with E-state index in [1.165, 1.54) is 35.8 Å². The van der Waals surface area contributed by atoms with Gasteiger partial charge in [-0.05, 0) is 6.26 Å². The Bertz CT molecular complexity index is 853. The minimum atomic E-state index is -0.317. The molecule has 2 aromatic rings. The molecule has 0 spiro atoms. The fourth-order valence-corrected chi connectivity index (χ4v) is 3.72. The number of hydrogen-bond donors (Lipinski definition) is 0.